The van der Waals surface area contributed by atoms with Crippen LogP contribution in [0.1, 0.15) is 18.5 Å². The third kappa shape index (κ3) is 3.22. The molecule has 0 radical (unpaired) electrons. The molecule has 19 heavy (non-hydrogen) atoms. The largest absolute Gasteiger partial charge is 0.381 e. The number of ether oxygens (including phenoxy) is 1. The zero-order valence-electron chi connectivity index (χ0n) is 11.5. The van der Waals surface area contributed by atoms with Gasteiger partial charge in [0.05, 0.1) is 0 Å². The van der Waals surface area contributed by atoms with Crippen molar-refractivity contribution in [2.45, 2.75) is 18.4 Å². The molecule has 1 saturated heterocycles. The molecule has 1 N–H and O–H groups in total. The standard InChI is InChI=1S/C14H20N4O/c1-18(2)14(6-8-19-9-7-14)11-16-13-5-3-4-12(10-15)17-13/h3-5H,6-9,11H2,1-2H3,(H,16,17). The zero-order chi connectivity index (χ0) is 13.7. The molecule has 0 aromatic carbocycles. The zero-order valence-corrected chi connectivity index (χ0v) is 11.5. The van der Waals surface area contributed by atoms with Crippen LogP contribution in [-0.4, -0.2) is 49.3 Å². The van der Waals surface area contributed by atoms with E-state index in [0.29, 0.717) is 5.69 Å². The fourth-order valence-corrected chi connectivity index (χ4v) is 2.38. The molecule has 0 unspecified atom stereocenters. The molecule has 0 amide bonds. The summed E-state index contributed by atoms with van der Waals surface area (Å²) in [5.41, 5.74) is 0.540. The van der Waals surface area contributed by atoms with Crippen LogP contribution < -0.4 is 5.32 Å². The van der Waals surface area contributed by atoms with Crippen molar-refractivity contribution < 1.29 is 4.74 Å². The Kier molecular flexibility index (Phi) is 4.35. The summed E-state index contributed by atoms with van der Waals surface area (Å²) in [7, 11) is 4.21. The van der Waals surface area contributed by atoms with Gasteiger partial charge in [-0.15, -0.1) is 0 Å². The first-order valence-electron chi connectivity index (χ1n) is 6.52. The van der Waals surface area contributed by atoms with E-state index in [0.717, 1.165) is 38.4 Å². The lowest BCUT2D eigenvalue weighted by Gasteiger charge is -2.43. The highest BCUT2D eigenvalue weighted by molar-refractivity contribution is 5.38. The number of nitriles is 1. The van der Waals surface area contributed by atoms with Crippen molar-refractivity contribution in [2.24, 2.45) is 0 Å². The van der Waals surface area contributed by atoms with E-state index in [9.17, 15) is 0 Å². The summed E-state index contributed by atoms with van der Waals surface area (Å²) in [5, 5.41) is 12.2. The van der Waals surface area contributed by atoms with Crippen LogP contribution in [-0.2, 0) is 4.74 Å². The molecule has 1 aliphatic heterocycles. The van der Waals surface area contributed by atoms with Crippen LogP contribution in [0.3, 0.4) is 0 Å². The fourth-order valence-electron chi connectivity index (χ4n) is 2.38. The first-order chi connectivity index (χ1) is 9.16. The first kappa shape index (κ1) is 13.8. The van der Waals surface area contributed by atoms with Crippen LogP contribution in [0.5, 0.6) is 0 Å². The monoisotopic (exact) mass is 260 g/mol. The first-order valence-corrected chi connectivity index (χ1v) is 6.52. The number of anilines is 1. The Labute approximate surface area is 114 Å². The molecule has 0 atom stereocenters. The average molecular weight is 260 g/mol. The summed E-state index contributed by atoms with van der Waals surface area (Å²) in [5.74, 6) is 0.756. The number of nitrogens with zero attached hydrogens (tertiary/aromatic N) is 3. The highest BCUT2D eigenvalue weighted by Gasteiger charge is 2.34. The van der Waals surface area contributed by atoms with E-state index < -0.39 is 0 Å². The van der Waals surface area contributed by atoms with Crippen LogP contribution in [0.2, 0.25) is 0 Å². The fraction of sp³-hybridized carbons (Fsp3) is 0.571. The maximum Gasteiger partial charge on any atom is 0.142 e. The molecule has 1 aliphatic rings. The number of hydrogen-bond acceptors (Lipinski definition) is 5. The Balaban J connectivity index is 2.04. The summed E-state index contributed by atoms with van der Waals surface area (Å²) < 4.78 is 5.45. The molecular weight excluding hydrogens is 240 g/mol. The smallest absolute Gasteiger partial charge is 0.142 e. The Morgan fingerprint density at radius 1 is 1.42 bits per heavy atom. The van der Waals surface area contributed by atoms with Gasteiger partial charge in [0.25, 0.3) is 0 Å². The molecule has 0 bridgehead atoms. The SMILES string of the molecule is CN(C)C1(CNc2cccc(C#N)n2)CCOCC1. The van der Waals surface area contributed by atoms with E-state index in [4.69, 9.17) is 10.00 Å². The Bertz CT molecular complexity index is 461. The van der Waals surface area contributed by atoms with Crippen molar-refractivity contribution in [1.82, 2.24) is 9.88 Å². The van der Waals surface area contributed by atoms with Gasteiger partial charge >= 0.3 is 0 Å². The highest BCUT2D eigenvalue weighted by Crippen LogP contribution is 2.26. The summed E-state index contributed by atoms with van der Waals surface area (Å²) >= 11 is 0. The van der Waals surface area contributed by atoms with Crippen LogP contribution in [0, 0.1) is 11.3 Å². The summed E-state index contributed by atoms with van der Waals surface area (Å²) in [4.78, 5) is 6.50. The van der Waals surface area contributed by atoms with E-state index in [-0.39, 0.29) is 5.54 Å². The number of likely N-dealkylation sites (N-methyl/N-ethyl adjacent to an activating group) is 1. The second kappa shape index (κ2) is 6.00. The Morgan fingerprint density at radius 2 is 2.16 bits per heavy atom. The topological polar surface area (TPSA) is 61.2 Å². The molecule has 1 aromatic rings. The van der Waals surface area contributed by atoms with Gasteiger partial charge < -0.3 is 15.0 Å². The average Bonchev–Trinajstić information content (AvgIpc) is 2.46. The second-order valence-electron chi connectivity index (χ2n) is 5.10. The Hall–Kier alpha value is -1.64. The molecular formula is C14H20N4O. The van der Waals surface area contributed by atoms with Gasteiger partial charge in [0.1, 0.15) is 17.6 Å². The minimum Gasteiger partial charge on any atom is -0.381 e. The molecule has 2 heterocycles. The molecule has 1 fully saturated rings. The molecule has 0 aliphatic carbocycles. The molecule has 0 saturated carbocycles. The maximum atomic E-state index is 8.85. The molecule has 102 valence electrons. The Morgan fingerprint density at radius 3 is 2.79 bits per heavy atom. The summed E-state index contributed by atoms with van der Waals surface area (Å²) in [6.07, 6.45) is 2.01. The second-order valence-corrected chi connectivity index (χ2v) is 5.10. The summed E-state index contributed by atoms with van der Waals surface area (Å²) in [6, 6.07) is 7.51. The summed E-state index contributed by atoms with van der Waals surface area (Å²) in [6.45, 7) is 2.41. The lowest BCUT2D eigenvalue weighted by Crippen LogP contribution is -2.53. The van der Waals surface area contributed by atoms with Gasteiger partial charge in [-0.25, -0.2) is 4.98 Å². The highest BCUT2D eigenvalue weighted by atomic mass is 16.5. The van der Waals surface area contributed by atoms with Gasteiger partial charge in [-0.05, 0) is 39.1 Å². The van der Waals surface area contributed by atoms with Gasteiger partial charge in [0, 0.05) is 25.3 Å². The lowest BCUT2D eigenvalue weighted by atomic mass is 9.88. The van der Waals surface area contributed by atoms with Crippen molar-refractivity contribution >= 4 is 5.82 Å². The number of rotatable bonds is 4. The van der Waals surface area contributed by atoms with Crippen molar-refractivity contribution in [3.8, 4) is 6.07 Å². The minimum absolute atomic E-state index is 0.0998. The number of pyridine rings is 1. The molecule has 5 nitrogen and oxygen atoms in total. The third-order valence-corrected chi connectivity index (χ3v) is 3.83. The van der Waals surface area contributed by atoms with Gasteiger partial charge in [-0.3, -0.25) is 0 Å². The van der Waals surface area contributed by atoms with Crippen LogP contribution in [0.25, 0.3) is 0 Å². The van der Waals surface area contributed by atoms with Crippen LogP contribution in [0.15, 0.2) is 18.2 Å². The normalized spacial score (nSPS) is 18.0. The number of aromatic nitrogens is 1. The predicted molar refractivity (Wildman–Crippen MR) is 73.9 cm³/mol. The van der Waals surface area contributed by atoms with Crippen molar-refractivity contribution in [2.75, 3.05) is 39.2 Å². The van der Waals surface area contributed by atoms with Crippen molar-refractivity contribution in [3.63, 3.8) is 0 Å². The predicted octanol–water partition coefficient (Wildman–Crippen LogP) is 1.48. The van der Waals surface area contributed by atoms with Crippen LogP contribution >= 0.6 is 0 Å². The van der Waals surface area contributed by atoms with Gasteiger partial charge in [-0.1, -0.05) is 6.07 Å². The van der Waals surface area contributed by atoms with Crippen molar-refractivity contribution in [1.29, 1.82) is 5.26 Å². The molecule has 5 heteroatoms. The van der Waals surface area contributed by atoms with Crippen molar-refractivity contribution in [3.05, 3.63) is 23.9 Å². The van der Waals surface area contributed by atoms with E-state index in [1.807, 2.05) is 12.1 Å². The minimum atomic E-state index is 0.0998. The number of nitrogens with one attached hydrogen (secondary N) is 1. The van der Waals surface area contributed by atoms with E-state index >= 15 is 0 Å². The third-order valence-electron chi connectivity index (χ3n) is 3.83. The van der Waals surface area contributed by atoms with Gasteiger partial charge in [0.2, 0.25) is 0 Å². The molecule has 0 spiro atoms. The quantitative estimate of drug-likeness (QED) is 0.888. The van der Waals surface area contributed by atoms with Gasteiger partial charge in [-0.2, -0.15) is 5.26 Å². The number of hydrogen-bond donors (Lipinski definition) is 1. The van der Waals surface area contributed by atoms with E-state index in [1.165, 1.54) is 0 Å². The lowest BCUT2D eigenvalue weighted by molar-refractivity contribution is -0.000664. The van der Waals surface area contributed by atoms with E-state index in [2.05, 4.69) is 35.4 Å². The molecule has 2 rings (SSSR count). The van der Waals surface area contributed by atoms with Crippen LogP contribution in [0.4, 0.5) is 5.82 Å². The van der Waals surface area contributed by atoms with Gasteiger partial charge in [0.15, 0.2) is 0 Å². The maximum absolute atomic E-state index is 8.85. The van der Waals surface area contributed by atoms with E-state index in [1.54, 1.807) is 6.07 Å². The molecule has 1 aromatic heterocycles.